The molecule has 158 valence electrons. The van der Waals surface area contributed by atoms with Gasteiger partial charge >= 0.3 is 6.18 Å². The van der Waals surface area contributed by atoms with Crippen LogP contribution in [0.4, 0.5) is 18.9 Å². The molecule has 0 fully saturated rings. The molecule has 1 aromatic heterocycles. The summed E-state index contributed by atoms with van der Waals surface area (Å²) >= 11 is 2.90. The van der Waals surface area contributed by atoms with Gasteiger partial charge in [0.15, 0.2) is 0 Å². The molecule has 6 nitrogen and oxygen atoms in total. The number of halogens is 4. The molecule has 3 rings (SSSR count). The van der Waals surface area contributed by atoms with E-state index in [0.717, 1.165) is 12.1 Å². The second-order valence-corrected chi connectivity index (χ2v) is 8.54. The van der Waals surface area contributed by atoms with Crippen LogP contribution in [0.5, 0.6) is 11.5 Å². The van der Waals surface area contributed by atoms with Crippen molar-refractivity contribution < 1.29 is 31.0 Å². The quantitative estimate of drug-likeness (QED) is 0.486. The summed E-state index contributed by atoms with van der Waals surface area (Å²) < 4.78 is 73.0. The number of ether oxygens (including phenoxy) is 1. The number of rotatable bonds is 6. The molecular formula is C19H16BrF3N3O3S+. The van der Waals surface area contributed by atoms with Crippen molar-refractivity contribution in [2.45, 2.75) is 11.1 Å². The van der Waals surface area contributed by atoms with Gasteiger partial charge in [-0.05, 0) is 58.4 Å². The molecule has 30 heavy (non-hydrogen) atoms. The largest absolute Gasteiger partial charge is 0.457 e. The van der Waals surface area contributed by atoms with E-state index in [9.17, 15) is 21.6 Å². The highest BCUT2D eigenvalue weighted by atomic mass is 79.9. The number of nitrogens with one attached hydrogen (secondary N) is 2. The molecule has 0 aliphatic rings. The van der Waals surface area contributed by atoms with Crippen molar-refractivity contribution in [1.82, 2.24) is 0 Å². The minimum Gasteiger partial charge on any atom is -0.457 e. The van der Waals surface area contributed by atoms with Gasteiger partial charge in [-0.3, -0.25) is 4.72 Å². The van der Waals surface area contributed by atoms with Crippen LogP contribution in [0.3, 0.4) is 0 Å². The fourth-order valence-corrected chi connectivity index (χ4v) is 4.60. The van der Waals surface area contributed by atoms with Gasteiger partial charge in [-0.2, -0.15) is 18.6 Å². The SMILES string of the molecule is CN[n+]1ccc(Oc2ccc(NS(=O)(=O)c3ccc(C(F)(F)F)cc3Br)cc2)cc1. The van der Waals surface area contributed by atoms with E-state index in [0.29, 0.717) is 17.6 Å². The van der Waals surface area contributed by atoms with E-state index in [1.807, 2.05) is 0 Å². The van der Waals surface area contributed by atoms with Gasteiger partial charge < -0.3 is 4.74 Å². The number of sulfonamides is 1. The third kappa shape index (κ3) is 5.22. The number of alkyl halides is 3. The van der Waals surface area contributed by atoms with Crippen molar-refractivity contribution in [2.75, 3.05) is 17.2 Å². The maximum Gasteiger partial charge on any atom is 0.416 e. The number of nitrogens with zero attached hydrogens (tertiary/aromatic N) is 1. The van der Waals surface area contributed by atoms with Crippen LogP contribution in [0.1, 0.15) is 5.56 Å². The van der Waals surface area contributed by atoms with Gasteiger partial charge in [0.2, 0.25) is 12.4 Å². The number of pyridine rings is 1. The first-order chi connectivity index (χ1) is 14.1. The van der Waals surface area contributed by atoms with Gasteiger partial charge in [-0.15, -0.1) is 0 Å². The Bertz CT molecular complexity index is 1140. The molecule has 0 radical (unpaired) electrons. The molecular weight excluding hydrogens is 487 g/mol. The Morgan fingerprint density at radius 1 is 0.967 bits per heavy atom. The Morgan fingerprint density at radius 3 is 2.10 bits per heavy atom. The van der Waals surface area contributed by atoms with Crippen LogP contribution >= 0.6 is 15.9 Å². The molecule has 0 bridgehead atoms. The summed E-state index contributed by atoms with van der Waals surface area (Å²) in [5.41, 5.74) is 2.20. The number of anilines is 1. The maximum absolute atomic E-state index is 12.8. The fourth-order valence-electron chi connectivity index (χ4n) is 2.46. The van der Waals surface area contributed by atoms with Gasteiger partial charge in [0.05, 0.1) is 12.6 Å². The third-order valence-corrected chi connectivity index (χ3v) is 6.31. The fraction of sp³-hybridized carbons (Fsp3) is 0.105. The highest BCUT2D eigenvalue weighted by Gasteiger charge is 2.32. The van der Waals surface area contributed by atoms with Crippen LogP contribution in [0.25, 0.3) is 0 Å². The Balaban J connectivity index is 1.74. The van der Waals surface area contributed by atoms with E-state index in [1.54, 1.807) is 48.4 Å². The lowest BCUT2D eigenvalue weighted by Crippen LogP contribution is -2.41. The minimum atomic E-state index is -4.57. The van der Waals surface area contributed by atoms with Crippen molar-refractivity contribution in [3.8, 4) is 11.5 Å². The average molecular weight is 503 g/mol. The van der Waals surface area contributed by atoms with Gasteiger partial charge in [0.25, 0.3) is 10.0 Å². The molecule has 0 aliphatic carbocycles. The second-order valence-electron chi connectivity index (χ2n) is 6.04. The summed E-state index contributed by atoms with van der Waals surface area (Å²) in [6.07, 6.45) is -1.04. The van der Waals surface area contributed by atoms with Crippen molar-refractivity contribution in [3.05, 3.63) is 77.0 Å². The lowest BCUT2D eigenvalue weighted by atomic mass is 10.2. The summed E-state index contributed by atoms with van der Waals surface area (Å²) in [4.78, 5) is -0.307. The van der Waals surface area contributed by atoms with Gasteiger partial charge in [0, 0.05) is 22.3 Å². The summed E-state index contributed by atoms with van der Waals surface area (Å²) in [5.74, 6) is 1.07. The van der Waals surface area contributed by atoms with Gasteiger partial charge in [-0.25, -0.2) is 8.42 Å². The first-order valence-electron chi connectivity index (χ1n) is 8.45. The first-order valence-corrected chi connectivity index (χ1v) is 10.7. The number of benzene rings is 2. The Hall–Kier alpha value is -2.79. The van der Waals surface area contributed by atoms with Crippen molar-refractivity contribution in [1.29, 1.82) is 0 Å². The van der Waals surface area contributed by atoms with Crippen LogP contribution in [-0.2, 0) is 16.2 Å². The second kappa shape index (κ2) is 8.52. The molecule has 0 saturated heterocycles. The van der Waals surface area contributed by atoms with E-state index < -0.39 is 21.8 Å². The lowest BCUT2D eigenvalue weighted by Gasteiger charge is -2.13. The smallest absolute Gasteiger partial charge is 0.416 e. The highest BCUT2D eigenvalue weighted by Crippen LogP contribution is 2.34. The van der Waals surface area contributed by atoms with E-state index >= 15 is 0 Å². The molecule has 0 unspecified atom stereocenters. The molecule has 2 aromatic carbocycles. The van der Waals surface area contributed by atoms with Crippen LogP contribution in [0, 0.1) is 0 Å². The van der Waals surface area contributed by atoms with E-state index in [4.69, 9.17) is 4.74 Å². The minimum absolute atomic E-state index is 0.187. The standard InChI is InChI=1S/C19H16BrF3N3O3S/c1-24-26-10-8-16(9-11-26)29-15-5-3-14(4-6-15)25-30(27,28)18-7-2-13(12-17(18)20)19(21,22)23/h2-12,24-25H,1H3/q+1. The van der Waals surface area contributed by atoms with E-state index in [1.165, 1.54) is 12.1 Å². The monoisotopic (exact) mass is 502 g/mol. The number of hydrogen-bond donors (Lipinski definition) is 2. The summed E-state index contributed by atoms with van der Waals surface area (Å²) in [7, 11) is -2.33. The predicted molar refractivity (Wildman–Crippen MR) is 108 cm³/mol. The maximum atomic E-state index is 12.8. The van der Waals surface area contributed by atoms with Crippen LogP contribution in [-0.4, -0.2) is 15.5 Å². The van der Waals surface area contributed by atoms with Crippen LogP contribution in [0.2, 0.25) is 0 Å². The van der Waals surface area contributed by atoms with Crippen molar-refractivity contribution in [3.63, 3.8) is 0 Å². The molecule has 11 heteroatoms. The molecule has 3 aromatic rings. The molecule has 1 heterocycles. The van der Waals surface area contributed by atoms with Crippen LogP contribution in [0.15, 0.2) is 76.4 Å². The molecule has 2 N–H and O–H groups in total. The Labute approximate surface area is 179 Å². The van der Waals surface area contributed by atoms with Crippen molar-refractivity contribution in [2.24, 2.45) is 0 Å². The zero-order valence-corrected chi connectivity index (χ0v) is 17.8. The van der Waals surface area contributed by atoms with Crippen molar-refractivity contribution >= 4 is 31.6 Å². The molecule has 0 spiro atoms. The molecule has 0 atom stereocenters. The molecule has 0 aliphatic heterocycles. The van der Waals surface area contributed by atoms with Crippen LogP contribution < -0.4 is 19.6 Å². The summed E-state index contributed by atoms with van der Waals surface area (Å²) in [5, 5.41) is 0. The number of hydrogen-bond acceptors (Lipinski definition) is 4. The molecule has 0 saturated carbocycles. The zero-order chi connectivity index (χ0) is 21.9. The molecule has 0 amide bonds. The third-order valence-electron chi connectivity index (χ3n) is 3.95. The van der Waals surface area contributed by atoms with Gasteiger partial charge in [-0.1, -0.05) is 4.68 Å². The first kappa shape index (κ1) is 21.9. The van der Waals surface area contributed by atoms with E-state index in [-0.39, 0.29) is 15.1 Å². The number of aromatic nitrogens is 1. The lowest BCUT2D eigenvalue weighted by molar-refractivity contribution is -0.647. The Morgan fingerprint density at radius 2 is 1.57 bits per heavy atom. The summed E-state index contributed by atoms with van der Waals surface area (Å²) in [6, 6.07) is 11.9. The average Bonchev–Trinajstić information content (AvgIpc) is 2.69. The predicted octanol–water partition coefficient (Wildman–Crippen LogP) is 4.52. The normalized spacial score (nSPS) is 11.8. The zero-order valence-electron chi connectivity index (χ0n) is 15.4. The topological polar surface area (TPSA) is 71.3 Å². The van der Waals surface area contributed by atoms with Gasteiger partial charge in [0.1, 0.15) is 16.4 Å². The Kier molecular flexibility index (Phi) is 6.22. The van der Waals surface area contributed by atoms with E-state index in [2.05, 4.69) is 26.1 Å². The highest BCUT2D eigenvalue weighted by molar-refractivity contribution is 9.10. The summed E-state index contributed by atoms with van der Waals surface area (Å²) in [6.45, 7) is 0.